The Bertz CT molecular complexity index is 1870. The highest BCUT2D eigenvalue weighted by molar-refractivity contribution is 7.90. The lowest BCUT2D eigenvalue weighted by Gasteiger charge is -2.30. The molecule has 1 unspecified atom stereocenters. The zero-order valence-electron chi connectivity index (χ0n) is 25.8. The third kappa shape index (κ3) is 8.55. The second-order valence-electron chi connectivity index (χ2n) is 9.91. The number of carbonyl (C=O) groups excluding carboxylic acids is 2. The lowest BCUT2D eigenvalue weighted by atomic mass is 9.95. The van der Waals surface area contributed by atoms with Gasteiger partial charge in [0.25, 0.3) is 15.9 Å². The fraction of sp³-hybridized carbons (Fsp3) is 0.259. The van der Waals surface area contributed by atoms with Crippen molar-refractivity contribution >= 4 is 74.4 Å². The van der Waals surface area contributed by atoms with E-state index in [9.17, 15) is 32.7 Å². The number of aliphatic carboxylic acids is 2. The molecule has 0 spiro atoms. The minimum atomic E-state index is -4.46. The van der Waals surface area contributed by atoms with Gasteiger partial charge in [0.1, 0.15) is 5.71 Å². The summed E-state index contributed by atoms with van der Waals surface area (Å²) in [4.78, 5) is 59.4. The van der Waals surface area contributed by atoms with Gasteiger partial charge < -0.3 is 24.6 Å². The molecular weight excluding hydrogens is 699 g/mol. The van der Waals surface area contributed by atoms with Crippen LogP contribution in [0.1, 0.15) is 23.7 Å². The molecule has 21 heteroatoms. The molecule has 1 aromatic carbocycles. The van der Waals surface area contributed by atoms with Crippen molar-refractivity contribution in [3.8, 4) is 11.8 Å². The van der Waals surface area contributed by atoms with E-state index in [0.29, 0.717) is 5.02 Å². The van der Waals surface area contributed by atoms with Crippen LogP contribution in [0, 0.1) is 0 Å². The Hall–Kier alpha value is -5.27. The number of rotatable bonds is 9. The zero-order chi connectivity index (χ0) is 36.0. The van der Waals surface area contributed by atoms with Crippen molar-refractivity contribution in [1.82, 2.24) is 24.6 Å². The normalized spacial score (nSPS) is 15.3. The first kappa shape index (κ1) is 37.2. The van der Waals surface area contributed by atoms with E-state index in [1.807, 2.05) is 0 Å². The first-order chi connectivity index (χ1) is 22.4. The SMILES string of the molecule is CC1(C(=O)O)CC(C(=O)O)=NN1c1ccc(Cl)cc1Cl.COc1cc(OC)nc(NC(=O)NS(=O)(=O)c2ncccc2C(=O)N(C)C)n1. The summed E-state index contributed by atoms with van der Waals surface area (Å²) in [7, 11) is 1.15. The maximum Gasteiger partial charge on any atom is 0.352 e. The number of benzene rings is 1. The Morgan fingerprint density at radius 1 is 1.02 bits per heavy atom. The molecule has 0 radical (unpaired) electrons. The molecule has 0 saturated heterocycles. The predicted molar refractivity (Wildman–Crippen MR) is 171 cm³/mol. The van der Waals surface area contributed by atoms with Crippen LogP contribution in [-0.4, -0.2) is 102 Å². The van der Waals surface area contributed by atoms with Crippen molar-refractivity contribution in [2.45, 2.75) is 23.9 Å². The van der Waals surface area contributed by atoms with Crippen molar-refractivity contribution in [3.63, 3.8) is 0 Å². The lowest BCUT2D eigenvalue weighted by molar-refractivity contribution is -0.142. The number of carboxylic acids is 2. The molecule has 256 valence electrons. The third-order valence-electron chi connectivity index (χ3n) is 6.26. The van der Waals surface area contributed by atoms with Gasteiger partial charge >= 0.3 is 18.0 Å². The zero-order valence-corrected chi connectivity index (χ0v) is 28.1. The molecule has 2 aromatic heterocycles. The summed E-state index contributed by atoms with van der Waals surface area (Å²) in [6.07, 6.45) is 0.964. The Morgan fingerprint density at radius 3 is 2.17 bits per heavy atom. The fourth-order valence-corrected chi connectivity index (χ4v) is 5.42. The lowest BCUT2D eigenvalue weighted by Crippen LogP contribution is -2.47. The topological polar surface area (TPSA) is 243 Å². The van der Waals surface area contributed by atoms with E-state index in [-0.39, 0.29) is 46.1 Å². The number of sulfonamides is 1. The summed E-state index contributed by atoms with van der Waals surface area (Å²) in [5.41, 5.74) is -1.64. The van der Waals surface area contributed by atoms with E-state index in [1.54, 1.807) is 4.72 Å². The number of ether oxygens (including phenoxy) is 2. The van der Waals surface area contributed by atoms with Gasteiger partial charge in [0.05, 0.1) is 36.6 Å². The van der Waals surface area contributed by atoms with Crippen LogP contribution in [0.2, 0.25) is 10.0 Å². The standard InChI is InChI=1S/C15H18N6O6S.C12H10Cl2N2O4/c1-21(2)13(22)9-6-5-7-16-12(9)28(24,25)20-15(23)19-14-17-10(26-3)8-11(18-14)27-4;1-12(11(19)20)5-8(10(17)18)15-16(12)9-3-2-6(13)4-7(9)14/h5-8H,1-4H3,(H2,17,18,19,20,23);2-4H,5H2,1H3,(H,17,18)(H,19,20). The summed E-state index contributed by atoms with van der Waals surface area (Å²) in [6.45, 7) is 1.39. The average Bonchev–Trinajstić information content (AvgIpc) is 3.39. The molecule has 3 amide bonds. The Morgan fingerprint density at radius 2 is 1.65 bits per heavy atom. The number of methoxy groups -OCH3 is 2. The van der Waals surface area contributed by atoms with Crippen LogP contribution in [0.25, 0.3) is 0 Å². The van der Waals surface area contributed by atoms with E-state index in [4.69, 9.17) is 37.8 Å². The summed E-state index contributed by atoms with van der Waals surface area (Å²) < 4.78 is 36.7. The van der Waals surface area contributed by atoms with Gasteiger partial charge in [-0.25, -0.2) is 29.1 Å². The number of nitrogens with one attached hydrogen (secondary N) is 2. The minimum Gasteiger partial charge on any atom is -0.481 e. The molecule has 0 bridgehead atoms. The number of nitrogens with zero attached hydrogens (tertiary/aromatic N) is 6. The van der Waals surface area contributed by atoms with Crippen LogP contribution in [0.15, 0.2) is 52.7 Å². The number of hydrogen-bond donors (Lipinski definition) is 4. The van der Waals surface area contributed by atoms with Gasteiger partial charge in [-0.15, -0.1) is 0 Å². The smallest absolute Gasteiger partial charge is 0.352 e. The summed E-state index contributed by atoms with van der Waals surface area (Å²) in [5, 5.41) is 25.5. The second kappa shape index (κ2) is 15.1. The molecule has 3 aromatic rings. The van der Waals surface area contributed by atoms with Crippen LogP contribution in [0.5, 0.6) is 11.8 Å². The van der Waals surface area contributed by atoms with Crippen LogP contribution in [0.4, 0.5) is 16.4 Å². The van der Waals surface area contributed by atoms with Gasteiger partial charge in [-0.05, 0) is 37.3 Å². The number of pyridine rings is 1. The van der Waals surface area contributed by atoms with Gasteiger partial charge in [-0.2, -0.15) is 23.5 Å². The number of anilines is 2. The highest BCUT2D eigenvalue weighted by Gasteiger charge is 2.48. The summed E-state index contributed by atoms with van der Waals surface area (Å²) >= 11 is 11.8. The summed E-state index contributed by atoms with van der Waals surface area (Å²) in [6, 6.07) is 7.37. The summed E-state index contributed by atoms with van der Waals surface area (Å²) in [5.74, 6) is -3.11. The molecule has 0 aliphatic carbocycles. The number of carbonyl (C=O) groups is 4. The maximum atomic E-state index is 12.5. The number of carboxylic acid groups (broad SMARTS) is 2. The molecule has 1 aliphatic heterocycles. The largest absolute Gasteiger partial charge is 0.481 e. The van der Waals surface area contributed by atoms with Crippen molar-refractivity contribution < 1.29 is 47.3 Å². The first-order valence-electron chi connectivity index (χ1n) is 13.2. The molecule has 18 nitrogen and oxygen atoms in total. The number of hydrazone groups is 1. The Kier molecular flexibility index (Phi) is 11.7. The average molecular weight is 728 g/mol. The number of amides is 3. The van der Waals surface area contributed by atoms with Crippen LogP contribution in [0.3, 0.4) is 0 Å². The van der Waals surface area contributed by atoms with Gasteiger partial charge in [-0.1, -0.05) is 23.2 Å². The molecule has 48 heavy (non-hydrogen) atoms. The molecule has 3 heterocycles. The van der Waals surface area contributed by atoms with Gasteiger partial charge in [0, 0.05) is 31.7 Å². The molecule has 1 aliphatic rings. The molecule has 0 saturated carbocycles. The molecule has 4 N–H and O–H groups in total. The van der Waals surface area contributed by atoms with E-state index in [1.165, 1.54) is 82.7 Å². The maximum absolute atomic E-state index is 12.5. The van der Waals surface area contributed by atoms with Crippen LogP contribution in [-0.2, 0) is 19.6 Å². The molecule has 4 rings (SSSR count). The van der Waals surface area contributed by atoms with E-state index in [2.05, 4.69) is 25.4 Å². The first-order valence-corrected chi connectivity index (χ1v) is 15.4. The molecule has 1 atom stereocenters. The Labute approximate surface area is 283 Å². The number of aromatic nitrogens is 3. The quantitative estimate of drug-likeness (QED) is 0.248. The van der Waals surface area contributed by atoms with Crippen molar-refractivity contribution in [1.29, 1.82) is 0 Å². The van der Waals surface area contributed by atoms with Gasteiger partial charge in [-0.3, -0.25) is 10.1 Å². The third-order valence-corrected chi connectivity index (χ3v) is 8.08. The Balaban J connectivity index is 0.000000275. The van der Waals surface area contributed by atoms with Gasteiger partial charge in [0.2, 0.25) is 17.7 Å². The highest BCUT2D eigenvalue weighted by atomic mass is 35.5. The number of hydrogen-bond acceptors (Lipinski definition) is 13. The molecule has 0 fully saturated rings. The second-order valence-corrected chi connectivity index (χ2v) is 12.3. The fourth-order valence-electron chi connectivity index (χ4n) is 3.90. The predicted octanol–water partition coefficient (Wildman–Crippen LogP) is 2.59. The van der Waals surface area contributed by atoms with Crippen molar-refractivity contribution in [3.05, 3.63) is 58.2 Å². The van der Waals surface area contributed by atoms with E-state index < -0.39 is 44.5 Å². The van der Waals surface area contributed by atoms with Crippen LogP contribution >= 0.6 is 23.2 Å². The van der Waals surface area contributed by atoms with Crippen molar-refractivity contribution in [2.24, 2.45) is 5.10 Å². The minimum absolute atomic E-state index is 0.0913. The molecular formula is C27H28Cl2N8O10S. The highest BCUT2D eigenvalue weighted by Crippen LogP contribution is 2.38. The van der Waals surface area contributed by atoms with E-state index >= 15 is 0 Å². The van der Waals surface area contributed by atoms with Gasteiger partial charge in [0.15, 0.2) is 10.6 Å². The van der Waals surface area contributed by atoms with Crippen LogP contribution < -0.4 is 24.5 Å². The van der Waals surface area contributed by atoms with E-state index in [0.717, 1.165) is 5.01 Å². The van der Waals surface area contributed by atoms with Crippen molar-refractivity contribution in [2.75, 3.05) is 38.6 Å². The monoisotopic (exact) mass is 726 g/mol. The number of urea groups is 1. The number of halogens is 2.